The van der Waals surface area contributed by atoms with Gasteiger partial charge in [-0.2, -0.15) is 0 Å². The van der Waals surface area contributed by atoms with Gasteiger partial charge in [-0.25, -0.2) is 4.98 Å². The first-order valence-electron chi connectivity index (χ1n) is 7.34. The van der Waals surface area contributed by atoms with Gasteiger partial charge in [0.05, 0.1) is 30.3 Å². The zero-order valence-electron chi connectivity index (χ0n) is 12.8. The highest BCUT2D eigenvalue weighted by Crippen LogP contribution is 2.13. The van der Waals surface area contributed by atoms with Gasteiger partial charge in [0.1, 0.15) is 0 Å². The molecule has 2 heterocycles. The molecule has 0 saturated heterocycles. The van der Waals surface area contributed by atoms with E-state index in [0.29, 0.717) is 19.5 Å². The molecule has 7 heteroatoms. The van der Waals surface area contributed by atoms with E-state index in [9.17, 15) is 9.59 Å². The van der Waals surface area contributed by atoms with Gasteiger partial charge < -0.3 is 15.2 Å². The van der Waals surface area contributed by atoms with Gasteiger partial charge in [-0.1, -0.05) is 0 Å². The average molecular weight is 293 g/mol. The van der Waals surface area contributed by atoms with E-state index in [1.165, 1.54) is 0 Å². The number of nitrogens with zero attached hydrogens (tertiary/aromatic N) is 2. The maximum atomic E-state index is 12.5. The molecule has 0 aliphatic carbocycles. The molecule has 1 aliphatic rings. The number of carbonyl (C=O) groups is 2. The molecule has 1 unspecified atom stereocenters. The van der Waals surface area contributed by atoms with Crippen LogP contribution >= 0.6 is 0 Å². The summed E-state index contributed by atoms with van der Waals surface area (Å²) in [6, 6.07) is -0.238. The second-order valence-electron chi connectivity index (χ2n) is 5.54. The topological polar surface area (TPSA) is 90.1 Å². The largest absolute Gasteiger partial charge is 0.352 e. The Morgan fingerprint density at radius 1 is 1.52 bits per heavy atom. The number of carbonyl (C=O) groups excluding carboxylic acids is 2. The number of amides is 2. The predicted octanol–water partition coefficient (Wildman–Crippen LogP) is -0.203. The quantitative estimate of drug-likeness (QED) is 0.701. The molecule has 1 aliphatic heterocycles. The number of hydrogen-bond acceptors (Lipinski definition) is 4. The fourth-order valence-corrected chi connectivity index (χ4v) is 2.45. The van der Waals surface area contributed by atoms with E-state index in [4.69, 9.17) is 0 Å². The van der Waals surface area contributed by atoms with Crippen LogP contribution in [0.15, 0.2) is 6.33 Å². The Kier molecular flexibility index (Phi) is 4.95. The Bertz CT molecular complexity index is 511. The van der Waals surface area contributed by atoms with Crippen LogP contribution in [0.3, 0.4) is 0 Å². The van der Waals surface area contributed by atoms with Crippen LogP contribution in [0.1, 0.15) is 32.2 Å². The number of aromatic amines is 1. The minimum absolute atomic E-state index is 0.0509. The zero-order chi connectivity index (χ0) is 15.4. The number of rotatable bonds is 5. The van der Waals surface area contributed by atoms with Crippen LogP contribution in [0.2, 0.25) is 0 Å². The van der Waals surface area contributed by atoms with Gasteiger partial charge in [0.2, 0.25) is 11.8 Å². The molecule has 1 aromatic heterocycles. The minimum atomic E-state index is -0.312. The molecule has 116 valence electrons. The lowest BCUT2D eigenvalue weighted by molar-refractivity contribution is -0.137. The van der Waals surface area contributed by atoms with Crippen LogP contribution in [0.5, 0.6) is 0 Å². The van der Waals surface area contributed by atoms with Gasteiger partial charge in [-0.05, 0) is 20.8 Å². The van der Waals surface area contributed by atoms with E-state index in [1.54, 1.807) is 11.2 Å². The molecule has 7 nitrogen and oxygen atoms in total. The van der Waals surface area contributed by atoms with E-state index < -0.39 is 0 Å². The van der Waals surface area contributed by atoms with Crippen molar-refractivity contribution in [3.05, 3.63) is 17.7 Å². The summed E-state index contributed by atoms with van der Waals surface area (Å²) < 4.78 is 0. The number of hydrogen-bond donors (Lipinski definition) is 3. The Hall–Kier alpha value is -1.89. The Morgan fingerprint density at radius 2 is 2.29 bits per heavy atom. The van der Waals surface area contributed by atoms with Gasteiger partial charge >= 0.3 is 0 Å². The normalized spacial score (nSPS) is 17.4. The molecule has 3 N–H and O–H groups in total. The van der Waals surface area contributed by atoms with Crippen LogP contribution in [-0.2, 0) is 22.6 Å². The molecule has 0 aromatic carbocycles. The smallest absolute Gasteiger partial charge is 0.240 e. The van der Waals surface area contributed by atoms with Crippen LogP contribution in [0.4, 0.5) is 0 Å². The lowest BCUT2D eigenvalue weighted by Gasteiger charge is -2.28. The van der Waals surface area contributed by atoms with E-state index in [-0.39, 0.29) is 30.4 Å². The molecule has 0 saturated carbocycles. The minimum Gasteiger partial charge on any atom is -0.352 e. The molecule has 0 bridgehead atoms. The van der Waals surface area contributed by atoms with Gasteiger partial charge in [-0.3, -0.25) is 14.9 Å². The molecular weight excluding hydrogens is 270 g/mol. The lowest BCUT2D eigenvalue weighted by Crippen LogP contribution is -2.52. The standard InChI is InChI=1S/C14H23N5O2/c1-4-19(7-13(20)18-9(2)3)14(21)11-5-10-12(6-15-11)17-8-16-10/h8-9,11,15H,4-7H2,1-3H3,(H,16,17)(H,18,20). The van der Waals surface area contributed by atoms with Crippen molar-refractivity contribution in [2.75, 3.05) is 13.1 Å². The highest BCUT2D eigenvalue weighted by atomic mass is 16.2. The average Bonchev–Trinajstić information content (AvgIpc) is 2.90. The number of fused-ring (bicyclic) bond motifs is 1. The Morgan fingerprint density at radius 3 is 2.95 bits per heavy atom. The van der Waals surface area contributed by atoms with Crippen LogP contribution in [-0.4, -0.2) is 51.9 Å². The van der Waals surface area contributed by atoms with Crippen molar-refractivity contribution in [1.29, 1.82) is 0 Å². The van der Waals surface area contributed by atoms with Crippen molar-refractivity contribution >= 4 is 11.8 Å². The maximum Gasteiger partial charge on any atom is 0.240 e. The molecular formula is C14H23N5O2. The highest BCUT2D eigenvalue weighted by molar-refractivity contribution is 5.88. The fourth-order valence-electron chi connectivity index (χ4n) is 2.45. The summed E-state index contributed by atoms with van der Waals surface area (Å²) in [4.78, 5) is 33.2. The third-order valence-corrected chi connectivity index (χ3v) is 3.51. The second-order valence-corrected chi connectivity index (χ2v) is 5.54. The number of aromatic nitrogens is 2. The van der Waals surface area contributed by atoms with E-state index in [2.05, 4.69) is 20.6 Å². The van der Waals surface area contributed by atoms with Crippen molar-refractivity contribution in [2.45, 2.75) is 45.8 Å². The molecule has 2 amide bonds. The molecule has 21 heavy (non-hydrogen) atoms. The third-order valence-electron chi connectivity index (χ3n) is 3.51. The van der Waals surface area contributed by atoms with Gasteiger partial charge in [0.25, 0.3) is 0 Å². The summed E-state index contributed by atoms with van der Waals surface area (Å²) in [5.41, 5.74) is 1.95. The zero-order valence-corrected chi connectivity index (χ0v) is 12.8. The third kappa shape index (κ3) is 3.81. The highest BCUT2D eigenvalue weighted by Gasteiger charge is 2.29. The molecule has 1 aromatic rings. The summed E-state index contributed by atoms with van der Waals surface area (Å²) in [6.07, 6.45) is 2.20. The molecule has 2 rings (SSSR count). The fraction of sp³-hybridized carbons (Fsp3) is 0.643. The van der Waals surface area contributed by atoms with Gasteiger partial charge in [0.15, 0.2) is 0 Å². The Balaban J connectivity index is 1.96. The first-order chi connectivity index (χ1) is 10.0. The van der Waals surface area contributed by atoms with Crippen LogP contribution in [0, 0.1) is 0 Å². The van der Waals surface area contributed by atoms with Crippen LogP contribution < -0.4 is 10.6 Å². The summed E-state index contributed by atoms with van der Waals surface area (Å²) in [5, 5.41) is 6.00. The van der Waals surface area contributed by atoms with Crippen molar-refractivity contribution < 1.29 is 9.59 Å². The van der Waals surface area contributed by atoms with Crippen molar-refractivity contribution in [3.63, 3.8) is 0 Å². The number of imidazole rings is 1. The monoisotopic (exact) mass is 293 g/mol. The first kappa shape index (κ1) is 15.5. The van der Waals surface area contributed by atoms with Gasteiger partial charge in [0, 0.05) is 25.6 Å². The summed E-state index contributed by atoms with van der Waals surface area (Å²) in [5.74, 6) is -0.179. The SMILES string of the molecule is CCN(CC(=O)NC(C)C)C(=O)C1Cc2nc[nH]c2CN1. The first-order valence-corrected chi connectivity index (χ1v) is 7.34. The predicted molar refractivity (Wildman–Crippen MR) is 78.5 cm³/mol. The van der Waals surface area contributed by atoms with Gasteiger partial charge in [-0.15, -0.1) is 0 Å². The summed E-state index contributed by atoms with van der Waals surface area (Å²) in [7, 11) is 0. The maximum absolute atomic E-state index is 12.5. The number of H-pyrrole nitrogens is 1. The van der Waals surface area contributed by atoms with Crippen molar-refractivity contribution in [1.82, 2.24) is 25.5 Å². The molecule has 0 spiro atoms. The van der Waals surface area contributed by atoms with E-state index >= 15 is 0 Å². The van der Waals surface area contributed by atoms with E-state index in [1.807, 2.05) is 20.8 Å². The molecule has 0 fully saturated rings. The van der Waals surface area contributed by atoms with E-state index in [0.717, 1.165) is 11.4 Å². The lowest BCUT2D eigenvalue weighted by atomic mass is 10.0. The van der Waals surface area contributed by atoms with Crippen LogP contribution in [0.25, 0.3) is 0 Å². The number of likely N-dealkylation sites (N-methyl/N-ethyl adjacent to an activating group) is 1. The summed E-state index contributed by atoms with van der Waals surface area (Å²) in [6.45, 7) is 6.88. The van der Waals surface area contributed by atoms with Crippen molar-refractivity contribution in [3.8, 4) is 0 Å². The van der Waals surface area contributed by atoms with Crippen molar-refractivity contribution in [2.24, 2.45) is 0 Å². The summed E-state index contributed by atoms with van der Waals surface area (Å²) >= 11 is 0. The molecule has 0 radical (unpaired) electrons. The molecule has 1 atom stereocenters. The Labute approximate surface area is 124 Å². The second kappa shape index (κ2) is 6.71. The number of nitrogens with one attached hydrogen (secondary N) is 3.